The molecule has 0 radical (unpaired) electrons. The van der Waals surface area contributed by atoms with Crippen LogP contribution < -0.4 is 10.1 Å². The predicted molar refractivity (Wildman–Crippen MR) is 101 cm³/mol. The molecule has 3 aromatic rings. The van der Waals surface area contributed by atoms with Gasteiger partial charge in [0.05, 0.1) is 5.54 Å². The van der Waals surface area contributed by atoms with Gasteiger partial charge in [0.25, 0.3) is 5.88 Å². The van der Waals surface area contributed by atoms with Crippen LogP contribution in [0.5, 0.6) is 11.6 Å². The lowest BCUT2D eigenvalue weighted by Crippen LogP contribution is -2.23. The van der Waals surface area contributed by atoms with Gasteiger partial charge in [-0.3, -0.25) is 4.79 Å². The van der Waals surface area contributed by atoms with Gasteiger partial charge in [-0.25, -0.2) is 14.6 Å². The Morgan fingerprint density at radius 2 is 2.08 bits per heavy atom. The molecular weight excluding hydrogens is 354 g/mol. The Hall–Kier alpha value is -2.67. The van der Waals surface area contributed by atoms with Crippen molar-refractivity contribution in [2.24, 2.45) is 0 Å². The molecule has 1 aromatic carbocycles. The second kappa shape index (κ2) is 6.92. The van der Waals surface area contributed by atoms with E-state index >= 15 is 0 Å². The fraction of sp³-hybridized carbons (Fsp3) is 0.333. The van der Waals surface area contributed by atoms with E-state index < -0.39 is 0 Å². The molecule has 0 saturated heterocycles. The number of aromatic nitrogens is 4. The summed E-state index contributed by atoms with van der Waals surface area (Å²) in [6, 6.07) is 7.02. The van der Waals surface area contributed by atoms with Crippen molar-refractivity contribution in [3.05, 3.63) is 35.6 Å². The van der Waals surface area contributed by atoms with E-state index in [1.807, 2.05) is 20.8 Å². The predicted octanol–water partition coefficient (Wildman–Crippen LogP) is 4.38. The Kier molecular flexibility index (Phi) is 4.82. The Morgan fingerprint density at radius 1 is 1.31 bits per heavy atom. The summed E-state index contributed by atoms with van der Waals surface area (Å²) in [5.74, 6) is 1.07. The number of fused-ring (bicyclic) bond motifs is 1. The van der Waals surface area contributed by atoms with E-state index in [0.29, 0.717) is 39.9 Å². The highest BCUT2D eigenvalue weighted by Gasteiger charge is 2.25. The molecule has 0 aliphatic heterocycles. The highest BCUT2D eigenvalue weighted by atomic mass is 35.5. The Labute approximate surface area is 156 Å². The zero-order valence-corrected chi connectivity index (χ0v) is 15.8. The summed E-state index contributed by atoms with van der Waals surface area (Å²) >= 11 is 6.04. The average Bonchev–Trinajstić information content (AvgIpc) is 2.95. The molecule has 1 amide bonds. The third-order valence-electron chi connectivity index (χ3n) is 3.66. The van der Waals surface area contributed by atoms with Crippen molar-refractivity contribution in [1.29, 1.82) is 0 Å². The SMILES string of the molecule is CCC(=O)Nc1ncnc2c1c(Oc1cccc(Cl)c1)nn2C(C)(C)C. The summed E-state index contributed by atoms with van der Waals surface area (Å²) in [5.41, 5.74) is 0.241. The Bertz CT molecular complexity index is 962. The minimum atomic E-state index is -0.339. The molecule has 0 fully saturated rings. The number of carbonyl (C=O) groups excluding carboxylic acids is 1. The van der Waals surface area contributed by atoms with Crippen molar-refractivity contribution in [3.8, 4) is 11.6 Å². The number of hydrogen-bond donors (Lipinski definition) is 1. The van der Waals surface area contributed by atoms with E-state index in [4.69, 9.17) is 16.3 Å². The highest BCUT2D eigenvalue weighted by Crippen LogP contribution is 2.35. The van der Waals surface area contributed by atoms with Crippen molar-refractivity contribution >= 4 is 34.4 Å². The lowest BCUT2D eigenvalue weighted by atomic mass is 10.1. The molecule has 136 valence electrons. The third-order valence-corrected chi connectivity index (χ3v) is 3.89. The van der Waals surface area contributed by atoms with Crippen LogP contribution in [-0.4, -0.2) is 25.7 Å². The van der Waals surface area contributed by atoms with Crippen LogP contribution in [0, 0.1) is 0 Å². The highest BCUT2D eigenvalue weighted by molar-refractivity contribution is 6.30. The van der Waals surface area contributed by atoms with Crippen molar-refractivity contribution in [3.63, 3.8) is 0 Å². The van der Waals surface area contributed by atoms with Gasteiger partial charge in [0, 0.05) is 11.4 Å². The molecule has 8 heteroatoms. The van der Waals surface area contributed by atoms with E-state index in [-0.39, 0.29) is 11.4 Å². The maximum absolute atomic E-state index is 11.9. The van der Waals surface area contributed by atoms with E-state index in [9.17, 15) is 4.79 Å². The molecule has 0 aliphatic carbocycles. The van der Waals surface area contributed by atoms with Crippen molar-refractivity contribution in [2.45, 2.75) is 39.7 Å². The van der Waals surface area contributed by atoms with Crippen LogP contribution in [0.1, 0.15) is 34.1 Å². The molecule has 2 aromatic heterocycles. The molecule has 0 atom stereocenters. The van der Waals surface area contributed by atoms with E-state index in [0.717, 1.165) is 0 Å². The maximum Gasteiger partial charge on any atom is 0.251 e. The average molecular weight is 374 g/mol. The topological polar surface area (TPSA) is 81.9 Å². The van der Waals surface area contributed by atoms with Crippen LogP contribution in [0.2, 0.25) is 5.02 Å². The van der Waals surface area contributed by atoms with E-state index in [2.05, 4.69) is 20.4 Å². The lowest BCUT2D eigenvalue weighted by molar-refractivity contribution is -0.115. The number of ether oxygens (including phenoxy) is 1. The quantitative estimate of drug-likeness (QED) is 0.734. The summed E-state index contributed by atoms with van der Waals surface area (Å²) in [5, 5.41) is 8.46. The number of benzene rings is 1. The summed E-state index contributed by atoms with van der Waals surface area (Å²) in [6.07, 6.45) is 1.74. The molecule has 0 aliphatic rings. The van der Waals surface area contributed by atoms with E-state index in [1.54, 1.807) is 35.9 Å². The minimum Gasteiger partial charge on any atom is -0.437 e. The Morgan fingerprint density at radius 3 is 2.73 bits per heavy atom. The van der Waals surface area contributed by atoms with Crippen LogP contribution in [0.3, 0.4) is 0 Å². The third kappa shape index (κ3) is 3.62. The molecule has 0 unspecified atom stereocenters. The second-order valence-corrected chi connectivity index (χ2v) is 7.21. The first-order chi connectivity index (χ1) is 12.3. The second-order valence-electron chi connectivity index (χ2n) is 6.77. The van der Waals surface area contributed by atoms with Crippen molar-refractivity contribution in [2.75, 3.05) is 5.32 Å². The summed E-state index contributed by atoms with van der Waals surface area (Å²) in [6.45, 7) is 7.80. The fourth-order valence-electron chi connectivity index (χ4n) is 2.42. The van der Waals surface area contributed by atoms with Crippen LogP contribution in [0.25, 0.3) is 11.0 Å². The van der Waals surface area contributed by atoms with Crippen LogP contribution in [0.4, 0.5) is 5.82 Å². The van der Waals surface area contributed by atoms with Gasteiger partial charge < -0.3 is 10.1 Å². The molecule has 26 heavy (non-hydrogen) atoms. The van der Waals surface area contributed by atoms with Crippen LogP contribution in [-0.2, 0) is 10.3 Å². The van der Waals surface area contributed by atoms with Gasteiger partial charge in [0.15, 0.2) is 11.5 Å². The number of nitrogens with one attached hydrogen (secondary N) is 1. The zero-order chi connectivity index (χ0) is 18.9. The van der Waals surface area contributed by atoms with Crippen LogP contribution in [0.15, 0.2) is 30.6 Å². The number of nitrogens with zero attached hydrogens (tertiary/aromatic N) is 4. The molecule has 3 rings (SSSR count). The molecule has 1 N–H and O–H groups in total. The lowest BCUT2D eigenvalue weighted by Gasteiger charge is -2.19. The molecular formula is C18H20ClN5O2. The summed E-state index contributed by atoms with van der Waals surface area (Å²) < 4.78 is 7.71. The minimum absolute atomic E-state index is 0.151. The molecule has 2 heterocycles. The number of hydrogen-bond acceptors (Lipinski definition) is 5. The number of rotatable bonds is 4. The first-order valence-corrected chi connectivity index (χ1v) is 8.65. The van der Waals surface area contributed by atoms with Gasteiger partial charge in [0.1, 0.15) is 17.5 Å². The zero-order valence-electron chi connectivity index (χ0n) is 15.1. The Balaban J connectivity index is 2.18. The number of anilines is 1. The molecule has 0 bridgehead atoms. The molecule has 7 nitrogen and oxygen atoms in total. The fourth-order valence-corrected chi connectivity index (χ4v) is 2.60. The van der Waals surface area contributed by atoms with Gasteiger partial charge >= 0.3 is 0 Å². The number of carbonyl (C=O) groups is 1. The summed E-state index contributed by atoms with van der Waals surface area (Å²) in [4.78, 5) is 20.4. The van der Waals surface area contributed by atoms with Gasteiger partial charge in [-0.15, -0.1) is 5.10 Å². The van der Waals surface area contributed by atoms with Crippen molar-refractivity contribution in [1.82, 2.24) is 19.7 Å². The first-order valence-electron chi connectivity index (χ1n) is 8.27. The first kappa shape index (κ1) is 18.1. The number of halogens is 1. The smallest absolute Gasteiger partial charge is 0.251 e. The number of amides is 1. The molecule has 0 saturated carbocycles. The monoisotopic (exact) mass is 373 g/mol. The van der Waals surface area contributed by atoms with Gasteiger partial charge in [-0.1, -0.05) is 24.6 Å². The molecule has 0 spiro atoms. The van der Waals surface area contributed by atoms with Crippen molar-refractivity contribution < 1.29 is 9.53 Å². The maximum atomic E-state index is 11.9. The van der Waals surface area contributed by atoms with Gasteiger partial charge in [0.2, 0.25) is 5.91 Å². The largest absolute Gasteiger partial charge is 0.437 e. The normalized spacial score (nSPS) is 11.6. The van der Waals surface area contributed by atoms with E-state index in [1.165, 1.54) is 6.33 Å². The van der Waals surface area contributed by atoms with Gasteiger partial charge in [-0.05, 0) is 39.0 Å². The van der Waals surface area contributed by atoms with Crippen LogP contribution >= 0.6 is 11.6 Å². The summed E-state index contributed by atoms with van der Waals surface area (Å²) in [7, 11) is 0. The van der Waals surface area contributed by atoms with Gasteiger partial charge in [-0.2, -0.15) is 0 Å². The standard InChI is InChI=1S/C18H20ClN5O2/c1-5-13(25)22-15-14-16(21-10-20-15)24(18(2,3)4)23-17(14)26-12-8-6-7-11(19)9-12/h6-10H,5H2,1-4H3,(H,20,21,22,25).